The fourth-order valence-corrected chi connectivity index (χ4v) is 13.0. The van der Waals surface area contributed by atoms with Gasteiger partial charge in [0.15, 0.2) is 11.7 Å². The maximum Gasteiger partial charge on any atom is 0.189 e. The number of allylic oxidation sites excluding steroid dienone is 2. The highest BCUT2D eigenvalue weighted by atomic mass is 33.1. The summed E-state index contributed by atoms with van der Waals surface area (Å²) in [5.74, 6) is 4.40. The highest BCUT2D eigenvalue weighted by molar-refractivity contribution is 8.76. The van der Waals surface area contributed by atoms with Crippen LogP contribution in [0.5, 0.6) is 0 Å². The Morgan fingerprint density at radius 1 is 1.19 bits per heavy atom. The number of carbonyl (C=O) groups excluding carboxylic acids is 1. The standard InChI is InChI=1S/C28H43N3O3S2/c1-25-10-13-35-36-17-27(9-11-30-24(29)31-27)7-2-4-19-21(34)15-28(25)22(5-3-12-32)26(16-33)8-6-18(23(19)28)20(25)14-26/h18,20,22,32-33H,2-17H2,1H3,(H3,29,30,31)/t18-,20+,22+,25-,26+,27-,28-/m0/s1. The minimum absolute atomic E-state index is 0.0377. The predicted molar refractivity (Wildman–Crippen MR) is 148 cm³/mol. The van der Waals surface area contributed by atoms with E-state index in [-0.39, 0.29) is 40.9 Å². The molecular weight excluding hydrogens is 490 g/mol. The second kappa shape index (κ2) is 9.20. The fourth-order valence-electron chi connectivity index (χ4n) is 10.1. The topological polar surface area (TPSA) is 108 Å². The van der Waals surface area contributed by atoms with Crippen molar-refractivity contribution in [3.05, 3.63) is 11.1 Å². The first-order chi connectivity index (χ1) is 17.3. The fraction of sp³-hybridized carbons (Fsp3) is 0.857. The number of rotatable bonds is 4. The van der Waals surface area contributed by atoms with Gasteiger partial charge >= 0.3 is 0 Å². The van der Waals surface area contributed by atoms with Gasteiger partial charge < -0.3 is 21.3 Å². The lowest BCUT2D eigenvalue weighted by Gasteiger charge is -2.62. The van der Waals surface area contributed by atoms with E-state index in [0.29, 0.717) is 30.0 Å². The summed E-state index contributed by atoms with van der Waals surface area (Å²) < 4.78 is 0. The first kappa shape index (κ1) is 25.6. The summed E-state index contributed by atoms with van der Waals surface area (Å²) in [4.78, 5) is 18.3. The number of aliphatic hydroxyl groups is 2. The SMILES string of the molecule is C[C@]12CCSSC[C@]3(CCCC4=C5[C@H]6CC[C@](CO)(C[C@H]61)[C@@H](CCCO)[C@@]52CC4=O)CCN=C(N)N3. The lowest BCUT2D eigenvalue weighted by atomic mass is 9.41. The van der Waals surface area contributed by atoms with E-state index in [1.54, 1.807) is 0 Å². The molecule has 0 amide bonds. The van der Waals surface area contributed by atoms with E-state index in [0.717, 1.165) is 87.8 Å². The van der Waals surface area contributed by atoms with Crippen molar-refractivity contribution in [1.29, 1.82) is 0 Å². The van der Waals surface area contributed by atoms with E-state index >= 15 is 0 Å². The average Bonchev–Trinajstić information content (AvgIpc) is 3.16. The minimum Gasteiger partial charge on any atom is -0.396 e. The number of Topliss-reactive ketones (excluding diaryl/α,β-unsaturated/α-hetero) is 1. The number of nitrogens with two attached hydrogens (primary N) is 1. The van der Waals surface area contributed by atoms with Crippen LogP contribution in [0.1, 0.15) is 77.6 Å². The number of fused-ring (bicyclic) bond motifs is 1. The van der Waals surface area contributed by atoms with E-state index in [1.165, 1.54) is 5.57 Å². The van der Waals surface area contributed by atoms with E-state index in [1.807, 2.05) is 21.6 Å². The molecule has 0 saturated heterocycles. The molecule has 0 aromatic rings. The van der Waals surface area contributed by atoms with Gasteiger partial charge in [-0.2, -0.15) is 0 Å². The van der Waals surface area contributed by atoms with Crippen LogP contribution >= 0.6 is 21.6 Å². The lowest BCUT2D eigenvalue weighted by molar-refractivity contribution is -0.161. The molecular formula is C28H43N3O3S2. The highest BCUT2D eigenvalue weighted by Gasteiger charge is 2.77. The van der Waals surface area contributed by atoms with Crippen LogP contribution in [0.4, 0.5) is 0 Å². The summed E-state index contributed by atoms with van der Waals surface area (Å²) in [7, 11) is 3.97. The van der Waals surface area contributed by atoms with Crippen molar-refractivity contribution in [3.63, 3.8) is 0 Å². The van der Waals surface area contributed by atoms with Gasteiger partial charge in [0.2, 0.25) is 0 Å². The summed E-state index contributed by atoms with van der Waals surface area (Å²) in [5, 5.41) is 24.2. The van der Waals surface area contributed by atoms with Crippen molar-refractivity contribution in [2.45, 2.75) is 83.1 Å². The third-order valence-corrected chi connectivity index (χ3v) is 14.2. The van der Waals surface area contributed by atoms with Crippen LogP contribution in [0.3, 0.4) is 0 Å². The molecule has 7 atom stereocenters. The third kappa shape index (κ3) is 3.45. The summed E-state index contributed by atoms with van der Waals surface area (Å²) in [5.41, 5.74) is 8.65. The Balaban J connectivity index is 1.43. The van der Waals surface area contributed by atoms with Crippen LogP contribution in [0, 0.1) is 34.0 Å². The van der Waals surface area contributed by atoms with Gasteiger partial charge in [0.25, 0.3) is 0 Å². The zero-order chi connectivity index (χ0) is 25.2. The van der Waals surface area contributed by atoms with Gasteiger partial charge in [-0.15, -0.1) is 0 Å². The van der Waals surface area contributed by atoms with Gasteiger partial charge in [0.1, 0.15) is 0 Å². The number of nitrogens with zero attached hydrogens (tertiary/aromatic N) is 1. The Labute approximate surface area is 223 Å². The first-order valence-corrected chi connectivity index (χ1v) is 16.6. The normalized spacial score (nSPS) is 46.2. The summed E-state index contributed by atoms with van der Waals surface area (Å²) in [6, 6.07) is 0. The van der Waals surface area contributed by atoms with Crippen molar-refractivity contribution >= 4 is 33.3 Å². The van der Waals surface area contributed by atoms with Crippen molar-refractivity contribution < 1.29 is 15.0 Å². The van der Waals surface area contributed by atoms with Crippen molar-refractivity contribution in [2.75, 3.05) is 31.3 Å². The van der Waals surface area contributed by atoms with Gasteiger partial charge in [-0.05, 0) is 98.4 Å². The Morgan fingerprint density at radius 3 is 2.83 bits per heavy atom. The van der Waals surface area contributed by atoms with Crippen molar-refractivity contribution in [3.8, 4) is 0 Å². The molecule has 3 saturated carbocycles. The Kier molecular flexibility index (Phi) is 6.53. The van der Waals surface area contributed by atoms with Crippen LogP contribution in [0.25, 0.3) is 0 Å². The number of ketones is 1. The highest BCUT2D eigenvalue weighted by Crippen LogP contribution is 2.82. The van der Waals surface area contributed by atoms with Crippen molar-refractivity contribution in [2.24, 2.45) is 44.7 Å². The molecule has 6 nitrogen and oxygen atoms in total. The van der Waals surface area contributed by atoms with Crippen LogP contribution in [0.15, 0.2) is 16.1 Å². The number of hydrogen-bond donors (Lipinski definition) is 4. The van der Waals surface area contributed by atoms with Gasteiger partial charge in [-0.25, -0.2) is 0 Å². The zero-order valence-electron chi connectivity index (χ0n) is 21.7. The molecule has 0 aromatic heterocycles. The molecule has 8 heteroatoms. The molecule has 0 radical (unpaired) electrons. The maximum absolute atomic E-state index is 13.9. The smallest absolute Gasteiger partial charge is 0.189 e. The van der Waals surface area contributed by atoms with Gasteiger partial charge in [-0.1, -0.05) is 34.1 Å². The monoisotopic (exact) mass is 533 g/mol. The van der Waals surface area contributed by atoms with E-state index in [9.17, 15) is 15.0 Å². The lowest BCUT2D eigenvalue weighted by Crippen LogP contribution is -2.58. The third-order valence-electron chi connectivity index (χ3n) is 11.6. The summed E-state index contributed by atoms with van der Waals surface area (Å²) in [6.07, 6.45) is 10.6. The Morgan fingerprint density at radius 2 is 2.06 bits per heavy atom. The van der Waals surface area contributed by atoms with E-state index in [4.69, 9.17) is 5.73 Å². The number of aliphatic hydroxyl groups excluding tert-OH is 2. The number of nitrogens with one attached hydrogen (secondary N) is 1. The molecule has 2 heterocycles. The predicted octanol–water partition coefficient (Wildman–Crippen LogP) is 4.06. The molecule has 6 rings (SSSR count). The van der Waals surface area contributed by atoms with Crippen LogP contribution < -0.4 is 11.1 Å². The molecule has 2 aliphatic heterocycles. The van der Waals surface area contributed by atoms with Crippen molar-refractivity contribution in [1.82, 2.24) is 5.32 Å². The zero-order valence-corrected chi connectivity index (χ0v) is 23.3. The molecule has 5 N–H and O–H groups in total. The van der Waals surface area contributed by atoms with Gasteiger partial charge in [0, 0.05) is 43.1 Å². The first-order valence-electron chi connectivity index (χ1n) is 14.2. The van der Waals surface area contributed by atoms with E-state index < -0.39 is 0 Å². The largest absolute Gasteiger partial charge is 0.396 e. The molecule has 2 spiro atoms. The maximum atomic E-state index is 13.9. The molecule has 6 bridgehead atoms. The summed E-state index contributed by atoms with van der Waals surface area (Å²) >= 11 is 0. The number of hydrogen-bond acceptors (Lipinski definition) is 8. The molecule has 0 aromatic carbocycles. The van der Waals surface area contributed by atoms with Crippen LogP contribution in [0.2, 0.25) is 0 Å². The number of aliphatic imine (C=N–C) groups is 1. The quantitative estimate of drug-likeness (QED) is 0.404. The molecule has 200 valence electrons. The average molecular weight is 534 g/mol. The molecule has 6 aliphatic rings. The summed E-state index contributed by atoms with van der Waals surface area (Å²) in [6.45, 7) is 3.70. The minimum atomic E-state index is -0.126. The molecule has 36 heavy (non-hydrogen) atoms. The number of guanidine groups is 1. The Bertz CT molecular complexity index is 987. The van der Waals surface area contributed by atoms with Crippen LogP contribution in [-0.2, 0) is 4.79 Å². The van der Waals surface area contributed by atoms with E-state index in [2.05, 4.69) is 17.2 Å². The molecule has 0 unspecified atom stereocenters. The molecule has 3 fully saturated rings. The van der Waals surface area contributed by atoms with Crippen LogP contribution in [-0.4, -0.2) is 58.8 Å². The second-order valence-electron chi connectivity index (χ2n) is 12.9. The van der Waals surface area contributed by atoms with Gasteiger partial charge in [0.05, 0.1) is 5.54 Å². The second-order valence-corrected chi connectivity index (χ2v) is 15.5. The Hall–Kier alpha value is -0.700. The molecule has 4 aliphatic carbocycles. The number of carbonyl (C=O) groups is 1. The van der Waals surface area contributed by atoms with Gasteiger partial charge in [-0.3, -0.25) is 9.79 Å².